The normalized spacial score (nSPS) is 19.8. The van der Waals surface area contributed by atoms with Gasteiger partial charge in [-0.25, -0.2) is 4.79 Å². The molecule has 1 unspecified atom stereocenters. The first kappa shape index (κ1) is 11.0. The molecule has 0 N–H and O–H groups in total. The zero-order valence-electron chi connectivity index (χ0n) is 9.26. The van der Waals surface area contributed by atoms with E-state index < -0.39 is 0 Å². The Kier molecular flexibility index (Phi) is 3.41. The SMILES string of the molecule is CCOC(=O)N1COC(c2ccccc2)C1. The van der Waals surface area contributed by atoms with E-state index in [9.17, 15) is 4.79 Å². The Morgan fingerprint density at radius 2 is 2.25 bits per heavy atom. The molecule has 4 nitrogen and oxygen atoms in total. The van der Waals surface area contributed by atoms with Crippen LogP contribution in [0.3, 0.4) is 0 Å². The van der Waals surface area contributed by atoms with Crippen molar-refractivity contribution in [1.29, 1.82) is 0 Å². The van der Waals surface area contributed by atoms with Gasteiger partial charge in [-0.1, -0.05) is 30.3 Å². The molecule has 1 amide bonds. The van der Waals surface area contributed by atoms with Crippen LogP contribution in [0, 0.1) is 0 Å². The summed E-state index contributed by atoms with van der Waals surface area (Å²) in [7, 11) is 0. The molecular formula is C12H15NO3. The van der Waals surface area contributed by atoms with E-state index in [1.807, 2.05) is 30.3 Å². The van der Waals surface area contributed by atoms with E-state index in [2.05, 4.69) is 0 Å². The van der Waals surface area contributed by atoms with Crippen molar-refractivity contribution in [2.75, 3.05) is 19.9 Å². The van der Waals surface area contributed by atoms with Gasteiger partial charge >= 0.3 is 6.09 Å². The molecule has 1 fully saturated rings. The van der Waals surface area contributed by atoms with Gasteiger partial charge < -0.3 is 9.47 Å². The summed E-state index contributed by atoms with van der Waals surface area (Å²) in [5.74, 6) is 0. The first-order valence-electron chi connectivity index (χ1n) is 5.39. The molecule has 0 radical (unpaired) electrons. The van der Waals surface area contributed by atoms with Crippen molar-refractivity contribution in [3.8, 4) is 0 Å². The minimum Gasteiger partial charge on any atom is -0.450 e. The van der Waals surface area contributed by atoms with E-state index in [0.717, 1.165) is 5.56 Å². The molecule has 1 aliphatic heterocycles. The molecule has 0 aromatic heterocycles. The summed E-state index contributed by atoms with van der Waals surface area (Å²) in [5, 5.41) is 0. The van der Waals surface area contributed by atoms with Crippen LogP contribution in [0.25, 0.3) is 0 Å². The highest BCUT2D eigenvalue weighted by molar-refractivity contribution is 5.67. The largest absolute Gasteiger partial charge is 0.450 e. The van der Waals surface area contributed by atoms with Gasteiger partial charge in [-0.3, -0.25) is 4.90 Å². The molecule has 0 spiro atoms. The molecule has 1 aromatic rings. The Labute approximate surface area is 94.8 Å². The topological polar surface area (TPSA) is 38.8 Å². The average molecular weight is 221 g/mol. The lowest BCUT2D eigenvalue weighted by Crippen LogP contribution is -2.29. The standard InChI is InChI=1S/C12H15NO3/c1-2-15-12(14)13-8-11(16-9-13)10-6-4-3-5-7-10/h3-7,11H,2,8-9H2,1H3. The lowest BCUT2D eigenvalue weighted by molar-refractivity contribution is 0.0732. The van der Waals surface area contributed by atoms with Crippen LogP contribution in [0.2, 0.25) is 0 Å². The quantitative estimate of drug-likeness (QED) is 0.768. The van der Waals surface area contributed by atoms with Crippen molar-refractivity contribution < 1.29 is 14.3 Å². The van der Waals surface area contributed by atoms with E-state index in [0.29, 0.717) is 19.9 Å². The average Bonchev–Trinajstić information content (AvgIpc) is 2.80. The third kappa shape index (κ3) is 2.33. The smallest absolute Gasteiger partial charge is 0.411 e. The van der Waals surface area contributed by atoms with E-state index >= 15 is 0 Å². The second-order valence-electron chi connectivity index (χ2n) is 3.62. The zero-order chi connectivity index (χ0) is 11.4. The number of nitrogens with zero attached hydrogens (tertiary/aromatic N) is 1. The molecule has 0 aliphatic carbocycles. The number of ether oxygens (including phenoxy) is 2. The van der Waals surface area contributed by atoms with Crippen molar-refractivity contribution in [3.05, 3.63) is 35.9 Å². The van der Waals surface area contributed by atoms with Crippen LogP contribution < -0.4 is 0 Å². The number of amides is 1. The molecule has 1 saturated heterocycles. The summed E-state index contributed by atoms with van der Waals surface area (Å²) < 4.78 is 10.5. The van der Waals surface area contributed by atoms with Crippen molar-refractivity contribution in [2.45, 2.75) is 13.0 Å². The summed E-state index contributed by atoms with van der Waals surface area (Å²) in [6, 6.07) is 9.89. The predicted octanol–water partition coefficient (Wildman–Crippen LogP) is 2.17. The molecule has 2 rings (SSSR count). The fraction of sp³-hybridized carbons (Fsp3) is 0.417. The van der Waals surface area contributed by atoms with Gasteiger partial charge in [0, 0.05) is 0 Å². The number of rotatable bonds is 2. The van der Waals surface area contributed by atoms with Gasteiger partial charge in [0.25, 0.3) is 0 Å². The van der Waals surface area contributed by atoms with Crippen molar-refractivity contribution in [1.82, 2.24) is 4.90 Å². The molecule has 1 atom stereocenters. The van der Waals surface area contributed by atoms with Crippen LogP contribution >= 0.6 is 0 Å². The highest BCUT2D eigenvalue weighted by Gasteiger charge is 2.28. The highest BCUT2D eigenvalue weighted by atomic mass is 16.6. The maximum atomic E-state index is 11.4. The molecule has 0 saturated carbocycles. The summed E-state index contributed by atoms with van der Waals surface area (Å²) in [6.45, 7) is 3.05. The lowest BCUT2D eigenvalue weighted by Gasteiger charge is -2.13. The Hall–Kier alpha value is -1.55. The molecule has 1 aromatic carbocycles. The lowest BCUT2D eigenvalue weighted by atomic mass is 10.1. The number of carbonyl (C=O) groups is 1. The monoisotopic (exact) mass is 221 g/mol. The van der Waals surface area contributed by atoms with Crippen molar-refractivity contribution in [3.63, 3.8) is 0 Å². The summed E-state index contributed by atoms with van der Waals surface area (Å²) in [4.78, 5) is 13.0. The van der Waals surface area contributed by atoms with Gasteiger partial charge in [-0.2, -0.15) is 0 Å². The molecule has 1 aliphatic rings. The van der Waals surface area contributed by atoms with E-state index in [1.54, 1.807) is 11.8 Å². The van der Waals surface area contributed by atoms with Gasteiger partial charge in [0.2, 0.25) is 0 Å². The molecule has 86 valence electrons. The van der Waals surface area contributed by atoms with Crippen molar-refractivity contribution >= 4 is 6.09 Å². The van der Waals surface area contributed by atoms with Crippen LogP contribution in [0.5, 0.6) is 0 Å². The third-order valence-corrected chi connectivity index (χ3v) is 2.52. The van der Waals surface area contributed by atoms with E-state index in [1.165, 1.54) is 0 Å². The summed E-state index contributed by atoms with van der Waals surface area (Å²) in [6.07, 6.45) is -0.341. The second-order valence-corrected chi connectivity index (χ2v) is 3.62. The van der Waals surface area contributed by atoms with Gasteiger partial charge in [0.05, 0.1) is 13.2 Å². The fourth-order valence-electron chi connectivity index (χ4n) is 1.70. The van der Waals surface area contributed by atoms with Crippen LogP contribution in [0.15, 0.2) is 30.3 Å². The van der Waals surface area contributed by atoms with Crippen LogP contribution in [-0.2, 0) is 9.47 Å². The van der Waals surface area contributed by atoms with Crippen LogP contribution in [0.1, 0.15) is 18.6 Å². The summed E-state index contributed by atoms with van der Waals surface area (Å²) >= 11 is 0. The minimum atomic E-state index is -0.305. The molecule has 1 heterocycles. The van der Waals surface area contributed by atoms with Gasteiger partial charge in [0.15, 0.2) is 0 Å². The Morgan fingerprint density at radius 3 is 2.94 bits per heavy atom. The van der Waals surface area contributed by atoms with E-state index in [4.69, 9.17) is 9.47 Å². The number of hydrogen-bond donors (Lipinski definition) is 0. The molecule has 16 heavy (non-hydrogen) atoms. The maximum Gasteiger partial charge on any atom is 0.411 e. The zero-order valence-corrected chi connectivity index (χ0v) is 9.26. The van der Waals surface area contributed by atoms with Gasteiger partial charge in [-0.15, -0.1) is 0 Å². The summed E-state index contributed by atoms with van der Waals surface area (Å²) in [5.41, 5.74) is 1.09. The molecule has 4 heteroatoms. The maximum absolute atomic E-state index is 11.4. The van der Waals surface area contributed by atoms with Crippen molar-refractivity contribution in [2.24, 2.45) is 0 Å². The van der Waals surface area contributed by atoms with E-state index in [-0.39, 0.29) is 12.2 Å². The van der Waals surface area contributed by atoms with Gasteiger partial charge in [0.1, 0.15) is 12.8 Å². The minimum absolute atomic E-state index is 0.0365. The Morgan fingerprint density at radius 1 is 1.50 bits per heavy atom. The fourth-order valence-corrected chi connectivity index (χ4v) is 1.70. The first-order chi connectivity index (χ1) is 7.81. The van der Waals surface area contributed by atoms with Crippen LogP contribution in [0.4, 0.5) is 4.79 Å². The van der Waals surface area contributed by atoms with Gasteiger partial charge in [-0.05, 0) is 12.5 Å². The predicted molar refractivity (Wildman–Crippen MR) is 58.9 cm³/mol. The van der Waals surface area contributed by atoms with Crippen LogP contribution in [-0.4, -0.2) is 30.9 Å². The third-order valence-electron chi connectivity index (χ3n) is 2.52. The Balaban J connectivity index is 1.96. The number of hydrogen-bond acceptors (Lipinski definition) is 3. The number of benzene rings is 1. The molecule has 0 bridgehead atoms. The number of carbonyl (C=O) groups excluding carboxylic acids is 1. The second kappa shape index (κ2) is 4.99. The first-order valence-corrected chi connectivity index (χ1v) is 5.39. The Bertz CT molecular complexity index is 353. The highest BCUT2D eigenvalue weighted by Crippen LogP contribution is 2.24. The molecular weight excluding hydrogens is 206 g/mol.